The molecule has 0 spiro atoms. The van der Waals surface area contributed by atoms with Crippen LogP contribution in [0.5, 0.6) is 0 Å². The van der Waals surface area contributed by atoms with Gasteiger partial charge in [-0.3, -0.25) is 5.01 Å². The zero-order valence-electron chi connectivity index (χ0n) is 10.0. The molecule has 0 unspecified atom stereocenters. The van der Waals surface area contributed by atoms with E-state index < -0.39 is 0 Å². The lowest BCUT2D eigenvalue weighted by Crippen LogP contribution is -2.29. The Morgan fingerprint density at radius 1 is 1.24 bits per heavy atom. The van der Waals surface area contributed by atoms with Crippen molar-refractivity contribution in [3.8, 4) is 0 Å². The molecule has 2 rings (SSSR count). The third kappa shape index (κ3) is 3.03. The van der Waals surface area contributed by atoms with E-state index >= 15 is 0 Å². The minimum Gasteiger partial charge on any atom is -0.378 e. The Hall–Kier alpha value is -1.42. The van der Waals surface area contributed by atoms with Crippen LogP contribution in [0, 0.1) is 0 Å². The molecule has 0 bridgehead atoms. The highest BCUT2D eigenvalue weighted by molar-refractivity contribution is 7.82. The lowest BCUT2D eigenvalue weighted by Gasteiger charge is -2.15. The van der Waals surface area contributed by atoms with Gasteiger partial charge in [0.05, 0.1) is 0 Å². The Balaban J connectivity index is 2.28. The van der Waals surface area contributed by atoms with E-state index in [1.165, 1.54) is 12.8 Å². The zero-order valence-corrected chi connectivity index (χ0v) is 10.8. The third-order valence-corrected chi connectivity index (χ3v) is 3.21. The number of hydrazone groups is 1. The summed E-state index contributed by atoms with van der Waals surface area (Å²) >= 11 is 5.32. The van der Waals surface area contributed by atoms with Crippen molar-refractivity contribution < 1.29 is 0 Å². The quantitative estimate of drug-likeness (QED) is 0.654. The number of nitrogens with zero attached hydrogens (tertiary/aromatic N) is 2. The summed E-state index contributed by atoms with van der Waals surface area (Å²) in [4.78, 5) is 0.697. The van der Waals surface area contributed by atoms with Gasteiger partial charge in [-0.1, -0.05) is 42.5 Å². The fraction of sp³-hybridized carbons (Fsp3) is 0.385. The molecule has 0 aromatic heterocycles. The third-order valence-electron chi connectivity index (χ3n) is 2.81. The maximum atomic E-state index is 5.32. The minimum absolute atomic E-state index is 0.697. The lowest BCUT2D eigenvalue weighted by molar-refractivity contribution is 0.361. The largest absolute Gasteiger partial charge is 0.378 e. The van der Waals surface area contributed by atoms with Crippen LogP contribution in [0.3, 0.4) is 0 Å². The Kier molecular flexibility index (Phi) is 4.09. The molecule has 1 aromatic rings. The summed E-state index contributed by atoms with van der Waals surface area (Å²) in [6, 6.07) is 10.1. The van der Waals surface area contributed by atoms with E-state index in [2.05, 4.69) is 15.4 Å². The Bertz CT molecular complexity index is 408. The maximum Gasteiger partial charge on any atom is 0.127 e. The summed E-state index contributed by atoms with van der Waals surface area (Å²) in [5.41, 5.74) is 1.93. The minimum atomic E-state index is 0.697. The van der Waals surface area contributed by atoms with Crippen molar-refractivity contribution in [1.82, 2.24) is 10.3 Å². The van der Waals surface area contributed by atoms with Gasteiger partial charge < -0.3 is 5.32 Å². The molecule has 0 amide bonds. The molecule has 0 radical (unpaired) electrons. The van der Waals surface area contributed by atoms with E-state index in [9.17, 15) is 0 Å². The Morgan fingerprint density at radius 2 is 1.88 bits per heavy atom. The van der Waals surface area contributed by atoms with Crippen molar-refractivity contribution in [3.05, 3.63) is 35.9 Å². The molecule has 90 valence electrons. The number of likely N-dealkylation sites (N-methyl/N-ethyl adjacent to an activating group) is 1. The first-order chi connectivity index (χ1) is 8.31. The van der Waals surface area contributed by atoms with Crippen molar-refractivity contribution in [1.29, 1.82) is 0 Å². The predicted octanol–water partition coefficient (Wildman–Crippen LogP) is 2.03. The fourth-order valence-corrected chi connectivity index (χ4v) is 2.05. The van der Waals surface area contributed by atoms with Crippen LogP contribution in [0.25, 0.3) is 0 Å². The molecule has 1 aliphatic rings. The summed E-state index contributed by atoms with van der Waals surface area (Å²) < 4.78 is 0. The van der Waals surface area contributed by atoms with Crippen LogP contribution in [0.4, 0.5) is 0 Å². The summed E-state index contributed by atoms with van der Waals surface area (Å²) in [5, 5.41) is 9.78. The topological polar surface area (TPSA) is 27.6 Å². The fourth-order valence-electron chi connectivity index (χ4n) is 1.89. The molecule has 1 N–H and O–H groups in total. The summed E-state index contributed by atoms with van der Waals surface area (Å²) in [6.45, 7) is 2.06. The van der Waals surface area contributed by atoms with Gasteiger partial charge in [0, 0.05) is 25.7 Å². The van der Waals surface area contributed by atoms with Gasteiger partial charge in [0.1, 0.15) is 10.7 Å². The molecule has 1 aliphatic heterocycles. The highest BCUT2D eigenvalue weighted by atomic mass is 32.1. The first-order valence-electron chi connectivity index (χ1n) is 5.92. The smallest absolute Gasteiger partial charge is 0.127 e. The molecule has 0 aliphatic carbocycles. The summed E-state index contributed by atoms with van der Waals surface area (Å²) in [5.74, 6) is 0. The summed E-state index contributed by atoms with van der Waals surface area (Å²) in [6.07, 6.45) is 2.44. The van der Waals surface area contributed by atoms with Gasteiger partial charge in [-0.2, -0.15) is 5.10 Å². The van der Waals surface area contributed by atoms with Gasteiger partial charge in [0.2, 0.25) is 0 Å². The Morgan fingerprint density at radius 3 is 2.47 bits per heavy atom. The summed E-state index contributed by atoms with van der Waals surface area (Å²) in [7, 11) is 1.84. The number of thiocarbonyl (C=S) groups is 1. The van der Waals surface area contributed by atoms with Crippen molar-refractivity contribution in [2.75, 3.05) is 20.1 Å². The molecule has 3 nitrogen and oxygen atoms in total. The van der Waals surface area contributed by atoms with Gasteiger partial charge in [-0.05, 0) is 12.8 Å². The van der Waals surface area contributed by atoms with Gasteiger partial charge in [0.25, 0.3) is 0 Å². The van der Waals surface area contributed by atoms with Crippen LogP contribution in [0.2, 0.25) is 0 Å². The van der Waals surface area contributed by atoms with Crippen molar-refractivity contribution in [2.45, 2.75) is 12.8 Å². The van der Waals surface area contributed by atoms with Crippen LogP contribution in [0.15, 0.2) is 35.4 Å². The van der Waals surface area contributed by atoms with Crippen molar-refractivity contribution >= 4 is 22.9 Å². The molecule has 0 saturated carbocycles. The first-order valence-corrected chi connectivity index (χ1v) is 6.33. The molecular formula is C13H17N3S. The van der Waals surface area contributed by atoms with E-state index in [1.54, 1.807) is 0 Å². The molecule has 1 saturated heterocycles. The second-order valence-corrected chi connectivity index (χ2v) is 4.46. The first kappa shape index (κ1) is 12.0. The molecule has 4 heteroatoms. The predicted molar refractivity (Wildman–Crippen MR) is 75.4 cm³/mol. The average molecular weight is 247 g/mol. The van der Waals surface area contributed by atoms with E-state index in [4.69, 9.17) is 12.2 Å². The molecule has 0 atom stereocenters. The number of hydrogen-bond acceptors (Lipinski definition) is 3. The molecule has 1 heterocycles. The number of benzene rings is 1. The molecule has 1 fully saturated rings. The van der Waals surface area contributed by atoms with E-state index in [0.717, 1.165) is 24.4 Å². The maximum absolute atomic E-state index is 5.32. The van der Waals surface area contributed by atoms with E-state index in [-0.39, 0.29) is 0 Å². The number of rotatable bonds is 3. The highest BCUT2D eigenvalue weighted by Crippen LogP contribution is 2.10. The van der Waals surface area contributed by atoms with E-state index in [0.29, 0.717) is 4.99 Å². The van der Waals surface area contributed by atoms with Gasteiger partial charge in [-0.15, -0.1) is 0 Å². The van der Waals surface area contributed by atoms with Gasteiger partial charge in [0.15, 0.2) is 0 Å². The van der Waals surface area contributed by atoms with Crippen molar-refractivity contribution in [2.24, 2.45) is 5.10 Å². The monoisotopic (exact) mass is 247 g/mol. The van der Waals surface area contributed by atoms with Crippen LogP contribution in [0.1, 0.15) is 18.4 Å². The lowest BCUT2D eigenvalue weighted by atomic mass is 10.1. The van der Waals surface area contributed by atoms with Gasteiger partial charge >= 0.3 is 0 Å². The zero-order chi connectivity index (χ0) is 12.1. The number of nitrogens with one attached hydrogen (secondary N) is 1. The standard InChI is InChI=1S/C13H17N3S/c1-14-13(17)12(11-7-3-2-4-8-11)15-16-9-5-6-10-16/h2-4,7-8H,5-6,9-10H2,1H3,(H,14,17)/b15-12+. The second-order valence-electron chi connectivity index (χ2n) is 4.05. The van der Waals surface area contributed by atoms with Gasteiger partial charge in [-0.25, -0.2) is 0 Å². The molecular weight excluding hydrogens is 230 g/mol. The van der Waals surface area contributed by atoms with Crippen molar-refractivity contribution in [3.63, 3.8) is 0 Å². The molecule has 1 aromatic carbocycles. The van der Waals surface area contributed by atoms with Crippen LogP contribution >= 0.6 is 12.2 Å². The highest BCUT2D eigenvalue weighted by Gasteiger charge is 2.14. The molecule has 17 heavy (non-hydrogen) atoms. The van der Waals surface area contributed by atoms with Crippen LogP contribution in [-0.2, 0) is 0 Å². The SMILES string of the molecule is CNC(=S)/C(=N/N1CCCC1)c1ccccc1. The number of hydrogen-bond donors (Lipinski definition) is 1. The Labute approximate surface area is 108 Å². The second kappa shape index (κ2) is 5.77. The average Bonchev–Trinajstić information content (AvgIpc) is 2.89. The van der Waals surface area contributed by atoms with Crippen LogP contribution < -0.4 is 5.32 Å². The van der Waals surface area contributed by atoms with E-state index in [1.807, 2.05) is 37.4 Å². The van der Waals surface area contributed by atoms with Crippen LogP contribution in [-0.4, -0.2) is 35.8 Å². The normalized spacial score (nSPS) is 16.1.